The van der Waals surface area contributed by atoms with Gasteiger partial charge in [0.1, 0.15) is 17.4 Å². The first-order valence-electron chi connectivity index (χ1n) is 6.66. The van der Waals surface area contributed by atoms with E-state index >= 15 is 0 Å². The summed E-state index contributed by atoms with van der Waals surface area (Å²) < 4.78 is 5.87. The summed E-state index contributed by atoms with van der Waals surface area (Å²) in [5.41, 5.74) is 1.09. The van der Waals surface area contributed by atoms with Gasteiger partial charge in [0.05, 0.1) is 21.6 Å². The number of carbonyl (C=O) groups excluding carboxylic acids is 1. The lowest BCUT2D eigenvalue weighted by Crippen LogP contribution is -2.13. The van der Waals surface area contributed by atoms with Crippen molar-refractivity contribution in [2.24, 2.45) is 0 Å². The fourth-order valence-corrected chi connectivity index (χ4v) is 2.72. The van der Waals surface area contributed by atoms with Crippen LogP contribution in [0.15, 0.2) is 46.4 Å². The zero-order chi connectivity index (χ0) is 17.7. The molecule has 0 aliphatic carbocycles. The first-order valence-corrected chi connectivity index (χ1v) is 8.21. The van der Waals surface area contributed by atoms with E-state index in [1.165, 1.54) is 12.1 Å². The Labute approximate surface area is 157 Å². The second-order valence-electron chi connectivity index (χ2n) is 4.65. The van der Waals surface area contributed by atoms with Gasteiger partial charge in [0.25, 0.3) is 5.91 Å². The average molecular weight is 426 g/mol. The molecule has 122 valence electrons. The van der Waals surface area contributed by atoms with Crippen molar-refractivity contribution < 1.29 is 9.53 Å². The summed E-state index contributed by atoms with van der Waals surface area (Å²) >= 11 is 15.1. The van der Waals surface area contributed by atoms with Gasteiger partial charge in [-0.2, -0.15) is 5.26 Å². The number of methoxy groups -OCH3 is 1. The van der Waals surface area contributed by atoms with E-state index in [0.717, 1.165) is 4.47 Å². The van der Waals surface area contributed by atoms with Crippen LogP contribution in [-0.2, 0) is 4.79 Å². The quantitative estimate of drug-likeness (QED) is 0.533. The third kappa shape index (κ3) is 4.51. The minimum absolute atomic E-state index is 0.0434. The molecule has 1 amide bonds. The predicted molar refractivity (Wildman–Crippen MR) is 99.4 cm³/mol. The SMILES string of the molecule is COc1ccc(/C=C(/C#N)C(=O)Nc2ccc(Cl)c(Cl)c2)cc1Br. The van der Waals surface area contributed by atoms with Crippen molar-refractivity contribution in [1.82, 2.24) is 0 Å². The Kier molecular flexibility index (Phi) is 6.27. The molecule has 0 bridgehead atoms. The summed E-state index contributed by atoms with van der Waals surface area (Å²) in [5, 5.41) is 12.5. The van der Waals surface area contributed by atoms with Crippen LogP contribution in [0, 0.1) is 11.3 Å². The Hall–Kier alpha value is -2.00. The van der Waals surface area contributed by atoms with Gasteiger partial charge in [0, 0.05) is 5.69 Å². The van der Waals surface area contributed by atoms with Crippen LogP contribution >= 0.6 is 39.1 Å². The molecule has 2 aromatic carbocycles. The molecule has 7 heteroatoms. The van der Waals surface area contributed by atoms with E-state index in [0.29, 0.717) is 27.0 Å². The van der Waals surface area contributed by atoms with Crippen LogP contribution in [0.4, 0.5) is 5.69 Å². The molecule has 0 saturated carbocycles. The van der Waals surface area contributed by atoms with Gasteiger partial charge in [-0.15, -0.1) is 0 Å². The van der Waals surface area contributed by atoms with E-state index in [4.69, 9.17) is 27.9 Å². The van der Waals surface area contributed by atoms with Crippen LogP contribution in [0.2, 0.25) is 10.0 Å². The summed E-state index contributed by atoms with van der Waals surface area (Å²) in [7, 11) is 1.56. The molecule has 24 heavy (non-hydrogen) atoms. The van der Waals surface area contributed by atoms with Crippen LogP contribution in [-0.4, -0.2) is 13.0 Å². The number of nitriles is 1. The van der Waals surface area contributed by atoms with Gasteiger partial charge in [-0.3, -0.25) is 4.79 Å². The molecular weight excluding hydrogens is 415 g/mol. The van der Waals surface area contributed by atoms with Gasteiger partial charge in [-0.25, -0.2) is 0 Å². The van der Waals surface area contributed by atoms with E-state index in [-0.39, 0.29) is 5.57 Å². The maximum Gasteiger partial charge on any atom is 0.266 e. The second kappa shape index (κ2) is 8.20. The van der Waals surface area contributed by atoms with Crippen molar-refractivity contribution in [1.29, 1.82) is 5.26 Å². The lowest BCUT2D eigenvalue weighted by Gasteiger charge is -2.06. The predicted octanol–water partition coefficient (Wildman–Crippen LogP) is 5.31. The van der Waals surface area contributed by atoms with Gasteiger partial charge < -0.3 is 10.1 Å². The number of amides is 1. The molecule has 0 unspecified atom stereocenters. The van der Waals surface area contributed by atoms with Crippen LogP contribution in [0.25, 0.3) is 6.08 Å². The monoisotopic (exact) mass is 424 g/mol. The highest BCUT2D eigenvalue weighted by Crippen LogP contribution is 2.27. The van der Waals surface area contributed by atoms with Crippen LogP contribution in [0.3, 0.4) is 0 Å². The normalized spacial score (nSPS) is 10.9. The van der Waals surface area contributed by atoms with Crippen LogP contribution in [0.1, 0.15) is 5.56 Å². The zero-order valence-corrected chi connectivity index (χ0v) is 15.5. The second-order valence-corrected chi connectivity index (χ2v) is 6.32. The number of benzene rings is 2. The lowest BCUT2D eigenvalue weighted by atomic mass is 10.1. The first kappa shape index (κ1) is 18.3. The lowest BCUT2D eigenvalue weighted by molar-refractivity contribution is -0.112. The molecule has 4 nitrogen and oxygen atoms in total. The Morgan fingerprint density at radius 2 is 2.00 bits per heavy atom. The maximum absolute atomic E-state index is 12.2. The highest BCUT2D eigenvalue weighted by molar-refractivity contribution is 9.10. The van der Waals surface area contributed by atoms with Crippen molar-refractivity contribution in [2.45, 2.75) is 0 Å². The van der Waals surface area contributed by atoms with Crippen LogP contribution < -0.4 is 10.1 Å². The molecule has 0 fully saturated rings. The molecule has 0 aliphatic heterocycles. The number of carbonyl (C=O) groups is 1. The summed E-state index contributed by atoms with van der Waals surface area (Å²) in [6.07, 6.45) is 1.48. The van der Waals surface area contributed by atoms with Gasteiger partial charge in [0.2, 0.25) is 0 Å². The molecule has 2 aromatic rings. The number of hydrogen-bond acceptors (Lipinski definition) is 3. The number of nitrogens with one attached hydrogen (secondary N) is 1. The standard InChI is InChI=1S/C17H11BrCl2N2O2/c1-24-16-5-2-10(7-13(16)18)6-11(9-21)17(23)22-12-3-4-14(19)15(20)8-12/h2-8H,1H3,(H,22,23)/b11-6-. The third-order valence-corrected chi connectivity index (χ3v) is 4.39. The summed E-state index contributed by atoms with van der Waals surface area (Å²) in [5.74, 6) is 0.119. The minimum atomic E-state index is -0.539. The van der Waals surface area contributed by atoms with Crippen molar-refractivity contribution in [3.8, 4) is 11.8 Å². The summed E-state index contributed by atoms with van der Waals surface area (Å²) in [6, 6.07) is 11.8. The summed E-state index contributed by atoms with van der Waals surface area (Å²) in [4.78, 5) is 12.2. The smallest absolute Gasteiger partial charge is 0.266 e. The zero-order valence-electron chi connectivity index (χ0n) is 12.4. The van der Waals surface area contributed by atoms with Gasteiger partial charge in [-0.1, -0.05) is 29.3 Å². The van der Waals surface area contributed by atoms with Crippen molar-refractivity contribution >= 4 is 56.8 Å². The third-order valence-electron chi connectivity index (χ3n) is 3.03. The Morgan fingerprint density at radius 1 is 1.25 bits per heavy atom. The van der Waals surface area contributed by atoms with Gasteiger partial charge in [0.15, 0.2) is 0 Å². The van der Waals surface area contributed by atoms with E-state index in [9.17, 15) is 10.1 Å². The average Bonchev–Trinajstić information content (AvgIpc) is 2.56. The molecule has 0 heterocycles. The fraction of sp³-hybridized carbons (Fsp3) is 0.0588. The van der Waals surface area contributed by atoms with Crippen LogP contribution in [0.5, 0.6) is 5.75 Å². The molecule has 0 aromatic heterocycles. The van der Waals surface area contributed by atoms with E-state index in [1.807, 2.05) is 6.07 Å². The number of hydrogen-bond donors (Lipinski definition) is 1. The number of ether oxygens (including phenoxy) is 1. The van der Waals surface area contributed by atoms with Crippen molar-refractivity contribution in [3.05, 3.63) is 62.1 Å². The van der Waals surface area contributed by atoms with Gasteiger partial charge >= 0.3 is 0 Å². The van der Waals surface area contributed by atoms with E-state index in [1.54, 1.807) is 37.4 Å². The highest BCUT2D eigenvalue weighted by atomic mass is 79.9. The fourth-order valence-electron chi connectivity index (χ4n) is 1.86. The van der Waals surface area contributed by atoms with Crippen molar-refractivity contribution in [2.75, 3.05) is 12.4 Å². The van der Waals surface area contributed by atoms with E-state index in [2.05, 4.69) is 21.2 Å². The molecule has 0 aliphatic rings. The summed E-state index contributed by atoms with van der Waals surface area (Å²) in [6.45, 7) is 0. The number of anilines is 1. The molecule has 1 N–H and O–H groups in total. The molecular formula is C17H11BrCl2N2O2. The van der Waals surface area contributed by atoms with Crippen molar-refractivity contribution in [3.63, 3.8) is 0 Å². The number of rotatable bonds is 4. The molecule has 0 radical (unpaired) electrons. The Morgan fingerprint density at radius 3 is 2.58 bits per heavy atom. The topological polar surface area (TPSA) is 62.1 Å². The Bertz CT molecular complexity index is 860. The Balaban J connectivity index is 2.23. The van der Waals surface area contributed by atoms with Gasteiger partial charge in [-0.05, 0) is 57.9 Å². The highest BCUT2D eigenvalue weighted by Gasteiger charge is 2.11. The molecule has 0 atom stereocenters. The van der Waals surface area contributed by atoms with E-state index < -0.39 is 5.91 Å². The maximum atomic E-state index is 12.2. The molecule has 2 rings (SSSR count). The molecule has 0 spiro atoms. The largest absolute Gasteiger partial charge is 0.496 e. The number of nitrogens with zero attached hydrogens (tertiary/aromatic N) is 1. The first-order chi connectivity index (χ1) is 11.4. The minimum Gasteiger partial charge on any atom is -0.496 e. The number of halogens is 3. The molecule has 0 saturated heterocycles.